The molecule has 2 aliphatic heterocycles. The summed E-state index contributed by atoms with van der Waals surface area (Å²) in [5.74, 6) is -0.787. The highest BCUT2D eigenvalue weighted by Crippen LogP contribution is 2.32. The molecule has 0 radical (unpaired) electrons. The summed E-state index contributed by atoms with van der Waals surface area (Å²) >= 11 is 0. The van der Waals surface area contributed by atoms with Crippen LogP contribution in [0, 0.1) is 0 Å². The van der Waals surface area contributed by atoms with Crippen molar-refractivity contribution in [3.05, 3.63) is 35.4 Å². The maximum absolute atomic E-state index is 13.4. The zero-order chi connectivity index (χ0) is 23.8. The van der Waals surface area contributed by atoms with Gasteiger partial charge in [0.25, 0.3) is 5.91 Å². The standard InChI is InChI=1S/C24H33N3O5S/c1-3-6-17-9-11-18(12-10-17)24(2)22(29)26(23(30)25-24)15-21(28)27(19-7-4-5-8-19)20-13-14-33(31,32)16-20/h9-12,19-20H,3-8,13-16H2,1-2H3,(H,25,30). The van der Waals surface area contributed by atoms with E-state index < -0.39 is 27.3 Å². The maximum Gasteiger partial charge on any atom is 0.325 e. The van der Waals surface area contributed by atoms with Gasteiger partial charge in [-0.15, -0.1) is 0 Å². The molecule has 4 rings (SSSR count). The summed E-state index contributed by atoms with van der Waals surface area (Å²) in [4.78, 5) is 42.2. The minimum atomic E-state index is -3.17. The van der Waals surface area contributed by atoms with Crippen molar-refractivity contribution in [2.45, 2.75) is 76.4 Å². The summed E-state index contributed by atoms with van der Waals surface area (Å²) in [6.45, 7) is 3.38. The summed E-state index contributed by atoms with van der Waals surface area (Å²) in [7, 11) is -3.17. The number of aryl methyl sites for hydroxylation is 1. The van der Waals surface area contributed by atoms with Gasteiger partial charge in [-0.05, 0) is 43.7 Å². The lowest BCUT2D eigenvalue weighted by molar-refractivity contribution is -0.141. The quantitative estimate of drug-likeness (QED) is 0.610. The van der Waals surface area contributed by atoms with Crippen molar-refractivity contribution < 1.29 is 22.8 Å². The van der Waals surface area contributed by atoms with Gasteiger partial charge < -0.3 is 10.2 Å². The highest BCUT2D eigenvalue weighted by Gasteiger charge is 2.50. The molecule has 1 aromatic rings. The molecule has 2 atom stereocenters. The first kappa shape index (κ1) is 23.7. The molecule has 33 heavy (non-hydrogen) atoms. The summed E-state index contributed by atoms with van der Waals surface area (Å²) in [5.41, 5.74) is 0.592. The second-order valence-corrected chi connectivity index (χ2v) is 11.9. The Hall–Kier alpha value is -2.42. The van der Waals surface area contributed by atoms with E-state index in [4.69, 9.17) is 0 Å². The Morgan fingerprint density at radius 1 is 1.12 bits per heavy atom. The number of amides is 4. The lowest BCUT2D eigenvalue weighted by Crippen LogP contribution is -2.51. The van der Waals surface area contributed by atoms with Crippen LogP contribution in [0.15, 0.2) is 24.3 Å². The van der Waals surface area contributed by atoms with Gasteiger partial charge in [0.05, 0.1) is 11.5 Å². The van der Waals surface area contributed by atoms with Crippen LogP contribution in [0.3, 0.4) is 0 Å². The monoisotopic (exact) mass is 475 g/mol. The lowest BCUT2D eigenvalue weighted by atomic mass is 9.91. The van der Waals surface area contributed by atoms with Crippen LogP contribution in [0.2, 0.25) is 0 Å². The van der Waals surface area contributed by atoms with E-state index in [0.29, 0.717) is 12.0 Å². The highest BCUT2D eigenvalue weighted by atomic mass is 32.2. The number of imide groups is 1. The number of urea groups is 1. The third kappa shape index (κ3) is 4.65. The van der Waals surface area contributed by atoms with Crippen LogP contribution in [0.25, 0.3) is 0 Å². The van der Waals surface area contributed by atoms with Gasteiger partial charge in [0, 0.05) is 12.1 Å². The van der Waals surface area contributed by atoms with E-state index in [9.17, 15) is 22.8 Å². The van der Waals surface area contributed by atoms with Gasteiger partial charge in [-0.1, -0.05) is 50.5 Å². The fourth-order valence-electron chi connectivity index (χ4n) is 5.43. The van der Waals surface area contributed by atoms with Gasteiger partial charge >= 0.3 is 6.03 Å². The van der Waals surface area contributed by atoms with Gasteiger partial charge in [-0.2, -0.15) is 0 Å². The van der Waals surface area contributed by atoms with Crippen LogP contribution >= 0.6 is 0 Å². The fourth-order valence-corrected chi connectivity index (χ4v) is 7.14. The molecule has 1 N–H and O–H groups in total. The van der Waals surface area contributed by atoms with Crippen LogP contribution < -0.4 is 5.32 Å². The molecule has 2 unspecified atom stereocenters. The zero-order valence-corrected chi connectivity index (χ0v) is 20.2. The second kappa shape index (κ2) is 9.08. The molecule has 0 bridgehead atoms. The Balaban J connectivity index is 1.52. The predicted octanol–water partition coefficient (Wildman–Crippen LogP) is 2.36. The molecule has 4 amide bonds. The summed E-state index contributed by atoms with van der Waals surface area (Å²) in [6.07, 6.45) is 5.99. The molecule has 0 aromatic heterocycles. The summed E-state index contributed by atoms with van der Waals surface area (Å²) in [5, 5.41) is 2.77. The van der Waals surface area contributed by atoms with Crippen LogP contribution in [0.4, 0.5) is 4.79 Å². The number of hydrogen-bond acceptors (Lipinski definition) is 5. The molecular formula is C24H33N3O5S. The Morgan fingerprint density at radius 3 is 2.36 bits per heavy atom. The van der Waals surface area contributed by atoms with Gasteiger partial charge in [-0.25, -0.2) is 13.2 Å². The van der Waals surface area contributed by atoms with Crippen molar-refractivity contribution >= 4 is 27.7 Å². The minimum Gasteiger partial charge on any atom is -0.334 e. The van der Waals surface area contributed by atoms with Crippen molar-refractivity contribution in [1.82, 2.24) is 15.1 Å². The number of nitrogens with one attached hydrogen (secondary N) is 1. The first-order valence-electron chi connectivity index (χ1n) is 11.9. The van der Waals surface area contributed by atoms with Crippen LogP contribution in [-0.4, -0.2) is 66.2 Å². The van der Waals surface area contributed by atoms with Crippen LogP contribution in [0.5, 0.6) is 0 Å². The molecule has 2 saturated heterocycles. The van der Waals surface area contributed by atoms with E-state index in [2.05, 4.69) is 12.2 Å². The summed E-state index contributed by atoms with van der Waals surface area (Å²) < 4.78 is 24.1. The number of nitrogens with zero attached hydrogens (tertiary/aromatic N) is 2. The van der Waals surface area contributed by atoms with Crippen molar-refractivity contribution in [2.24, 2.45) is 0 Å². The van der Waals surface area contributed by atoms with E-state index in [-0.39, 0.29) is 36.0 Å². The first-order chi connectivity index (χ1) is 15.6. The molecule has 8 nitrogen and oxygen atoms in total. The molecule has 0 spiro atoms. The molecule has 1 aliphatic carbocycles. The Morgan fingerprint density at radius 2 is 1.79 bits per heavy atom. The Kier molecular flexibility index (Phi) is 6.53. The van der Waals surface area contributed by atoms with Gasteiger partial charge in [0.15, 0.2) is 9.84 Å². The normalized spacial score (nSPS) is 27.2. The number of carbonyl (C=O) groups excluding carboxylic acids is 3. The minimum absolute atomic E-state index is 0.0333. The molecule has 9 heteroatoms. The third-order valence-corrected chi connectivity index (χ3v) is 9.00. The molecule has 2 heterocycles. The zero-order valence-electron chi connectivity index (χ0n) is 19.4. The lowest BCUT2D eigenvalue weighted by Gasteiger charge is -2.35. The number of rotatable bonds is 7. The topological polar surface area (TPSA) is 104 Å². The average molecular weight is 476 g/mol. The van der Waals surface area contributed by atoms with E-state index in [1.54, 1.807) is 11.8 Å². The molecule has 3 fully saturated rings. The van der Waals surface area contributed by atoms with Crippen LogP contribution in [-0.2, 0) is 31.4 Å². The molecule has 1 aromatic carbocycles. The predicted molar refractivity (Wildman–Crippen MR) is 124 cm³/mol. The van der Waals surface area contributed by atoms with Crippen molar-refractivity contribution in [3.8, 4) is 0 Å². The van der Waals surface area contributed by atoms with Crippen molar-refractivity contribution in [2.75, 3.05) is 18.1 Å². The van der Waals surface area contributed by atoms with Crippen LogP contribution in [0.1, 0.15) is 63.5 Å². The number of hydrogen-bond donors (Lipinski definition) is 1. The largest absolute Gasteiger partial charge is 0.334 e. The highest BCUT2D eigenvalue weighted by molar-refractivity contribution is 7.91. The SMILES string of the molecule is CCCc1ccc(C2(C)NC(=O)N(CC(=O)N(C3CCCC3)C3CCS(=O)(=O)C3)C2=O)cc1. The maximum atomic E-state index is 13.4. The molecule has 3 aliphatic rings. The smallest absolute Gasteiger partial charge is 0.325 e. The number of benzene rings is 1. The number of sulfone groups is 1. The molecule has 1 saturated carbocycles. The Labute approximate surface area is 195 Å². The summed E-state index contributed by atoms with van der Waals surface area (Å²) in [6, 6.07) is 6.60. The Bertz CT molecular complexity index is 1030. The van der Waals surface area contributed by atoms with Crippen molar-refractivity contribution in [1.29, 1.82) is 0 Å². The van der Waals surface area contributed by atoms with Gasteiger partial charge in [-0.3, -0.25) is 14.5 Å². The van der Waals surface area contributed by atoms with Crippen molar-refractivity contribution in [3.63, 3.8) is 0 Å². The van der Waals surface area contributed by atoms with E-state index in [0.717, 1.165) is 49.0 Å². The fraction of sp³-hybridized carbons (Fsp3) is 0.625. The van der Waals surface area contributed by atoms with E-state index >= 15 is 0 Å². The van der Waals surface area contributed by atoms with E-state index in [1.807, 2.05) is 24.3 Å². The van der Waals surface area contributed by atoms with Gasteiger partial charge in [0.1, 0.15) is 12.1 Å². The number of carbonyl (C=O) groups is 3. The molecule has 180 valence electrons. The third-order valence-electron chi connectivity index (χ3n) is 7.25. The first-order valence-corrected chi connectivity index (χ1v) is 13.7. The molecular weight excluding hydrogens is 442 g/mol. The average Bonchev–Trinajstić information content (AvgIpc) is 3.46. The second-order valence-electron chi connectivity index (χ2n) is 9.69. The van der Waals surface area contributed by atoms with Gasteiger partial charge in [0.2, 0.25) is 5.91 Å². The van der Waals surface area contributed by atoms with E-state index in [1.165, 1.54) is 0 Å².